The third-order valence-electron chi connectivity index (χ3n) is 1.67. The number of carbonyl (C=O) groups excluding carboxylic acids is 2. The van der Waals surface area contributed by atoms with Crippen molar-refractivity contribution in [3.05, 3.63) is 17.5 Å². The van der Waals surface area contributed by atoms with E-state index >= 15 is 0 Å². The Morgan fingerprint density at radius 1 is 1.56 bits per heavy atom. The van der Waals surface area contributed by atoms with E-state index in [-0.39, 0.29) is 13.0 Å². The van der Waals surface area contributed by atoms with Crippen LogP contribution in [0.25, 0.3) is 0 Å². The molecule has 1 rings (SSSR count). The zero-order chi connectivity index (χ0) is 12.1. The Morgan fingerprint density at radius 3 is 2.81 bits per heavy atom. The van der Waals surface area contributed by atoms with E-state index in [2.05, 4.69) is 5.16 Å². The molecule has 1 heterocycles. The smallest absolute Gasteiger partial charge is 0.409 e. The zero-order valence-corrected chi connectivity index (χ0v) is 9.10. The first-order valence-corrected chi connectivity index (χ1v) is 4.56. The van der Waals surface area contributed by atoms with Gasteiger partial charge in [-0.05, 0) is 0 Å². The number of ether oxygens (including phenoxy) is 1. The number of hydrogen-bond acceptors (Lipinski definition) is 5. The number of hydrogen-bond donors (Lipinski definition) is 1. The number of rotatable bonds is 4. The van der Waals surface area contributed by atoms with Crippen molar-refractivity contribution in [2.75, 3.05) is 14.1 Å². The molecule has 0 radical (unpaired) electrons. The van der Waals surface area contributed by atoms with E-state index in [0.717, 1.165) is 0 Å². The van der Waals surface area contributed by atoms with Gasteiger partial charge in [0.05, 0.1) is 12.1 Å². The van der Waals surface area contributed by atoms with Gasteiger partial charge >= 0.3 is 6.09 Å². The summed E-state index contributed by atoms with van der Waals surface area (Å²) < 4.78 is 9.69. The molecule has 0 unspecified atom stereocenters. The van der Waals surface area contributed by atoms with Crippen molar-refractivity contribution in [1.29, 1.82) is 0 Å². The lowest BCUT2D eigenvalue weighted by atomic mass is 10.3. The highest BCUT2D eigenvalue weighted by Crippen LogP contribution is 2.06. The highest BCUT2D eigenvalue weighted by atomic mass is 16.6. The highest BCUT2D eigenvalue weighted by Gasteiger charge is 2.10. The van der Waals surface area contributed by atoms with Gasteiger partial charge < -0.3 is 19.9 Å². The lowest BCUT2D eigenvalue weighted by Crippen LogP contribution is -2.22. The maximum atomic E-state index is 11.1. The maximum Gasteiger partial charge on any atom is 0.409 e. The van der Waals surface area contributed by atoms with E-state index in [1.54, 1.807) is 14.1 Å². The molecule has 2 N–H and O–H groups in total. The van der Waals surface area contributed by atoms with Crippen molar-refractivity contribution in [2.24, 2.45) is 5.73 Å². The Kier molecular flexibility index (Phi) is 3.87. The van der Waals surface area contributed by atoms with Crippen LogP contribution in [0.1, 0.15) is 11.5 Å². The zero-order valence-electron chi connectivity index (χ0n) is 9.10. The van der Waals surface area contributed by atoms with Crippen LogP contribution in [0.5, 0.6) is 0 Å². The monoisotopic (exact) mass is 227 g/mol. The van der Waals surface area contributed by atoms with Gasteiger partial charge in [-0.25, -0.2) is 4.79 Å². The molecule has 7 heteroatoms. The standard InChI is InChI=1S/C9H13N3O4/c1-12(2)9(14)15-5-7-3-6(11-16-7)4-8(10)13/h3H,4-5H2,1-2H3,(H2,10,13). The number of carbonyl (C=O) groups is 2. The minimum atomic E-state index is -0.495. The van der Waals surface area contributed by atoms with Crippen LogP contribution in [0.4, 0.5) is 4.79 Å². The normalized spacial score (nSPS) is 9.88. The topological polar surface area (TPSA) is 98.7 Å². The Hall–Kier alpha value is -2.05. The van der Waals surface area contributed by atoms with Crippen molar-refractivity contribution in [3.63, 3.8) is 0 Å². The molecule has 0 aromatic carbocycles. The average Bonchev–Trinajstić information content (AvgIpc) is 2.60. The van der Waals surface area contributed by atoms with Gasteiger partial charge in [-0.2, -0.15) is 0 Å². The maximum absolute atomic E-state index is 11.1. The number of amides is 2. The van der Waals surface area contributed by atoms with Crippen molar-refractivity contribution in [3.8, 4) is 0 Å². The van der Waals surface area contributed by atoms with Gasteiger partial charge in [0.2, 0.25) is 5.91 Å². The van der Waals surface area contributed by atoms with E-state index in [1.807, 2.05) is 0 Å². The summed E-state index contributed by atoms with van der Waals surface area (Å²) in [5.41, 5.74) is 5.40. The van der Waals surface area contributed by atoms with Crippen LogP contribution in [0.3, 0.4) is 0 Å². The predicted molar refractivity (Wildman–Crippen MR) is 53.3 cm³/mol. The van der Waals surface area contributed by atoms with Gasteiger partial charge in [-0.1, -0.05) is 5.16 Å². The molecule has 7 nitrogen and oxygen atoms in total. The minimum absolute atomic E-state index is 0.00509. The van der Waals surface area contributed by atoms with Gasteiger partial charge in [-0.3, -0.25) is 4.79 Å². The molecule has 0 saturated carbocycles. The van der Waals surface area contributed by atoms with Crippen LogP contribution in [0, 0.1) is 0 Å². The van der Waals surface area contributed by atoms with Crippen molar-refractivity contribution in [1.82, 2.24) is 10.1 Å². The van der Waals surface area contributed by atoms with Crippen molar-refractivity contribution < 1.29 is 18.8 Å². The van der Waals surface area contributed by atoms with Gasteiger partial charge in [0.25, 0.3) is 0 Å². The lowest BCUT2D eigenvalue weighted by Gasteiger charge is -2.08. The third-order valence-corrected chi connectivity index (χ3v) is 1.67. The Morgan fingerprint density at radius 2 is 2.25 bits per heavy atom. The molecule has 1 aromatic rings. The number of nitrogens with zero attached hydrogens (tertiary/aromatic N) is 2. The van der Waals surface area contributed by atoms with Crippen LogP contribution in [0.15, 0.2) is 10.6 Å². The van der Waals surface area contributed by atoms with Crippen LogP contribution < -0.4 is 5.73 Å². The SMILES string of the molecule is CN(C)C(=O)OCc1cc(CC(N)=O)no1. The second-order valence-electron chi connectivity index (χ2n) is 3.38. The summed E-state index contributed by atoms with van der Waals surface area (Å²) in [7, 11) is 3.14. The molecule has 88 valence electrons. The summed E-state index contributed by atoms with van der Waals surface area (Å²) >= 11 is 0. The largest absolute Gasteiger partial charge is 0.441 e. The molecule has 0 fully saturated rings. The molecule has 16 heavy (non-hydrogen) atoms. The van der Waals surface area contributed by atoms with E-state index in [4.69, 9.17) is 15.0 Å². The van der Waals surface area contributed by atoms with Crippen LogP contribution in [-0.4, -0.2) is 36.2 Å². The number of aromatic nitrogens is 1. The van der Waals surface area contributed by atoms with Gasteiger partial charge in [-0.15, -0.1) is 0 Å². The Bertz CT molecular complexity index is 386. The Labute approximate surface area is 92.1 Å². The fourth-order valence-electron chi connectivity index (χ4n) is 0.948. The number of nitrogens with two attached hydrogens (primary N) is 1. The summed E-state index contributed by atoms with van der Waals surface area (Å²) in [5.74, 6) is -0.128. The first-order valence-electron chi connectivity index (χ1n) is 4.56. The van der Waals surface area contributed by atoms with Gasteiger partial charge in [0.1, 0.15) is 0 Å². The fraction of sp³-hybridized carbons (Fsp3) is 0.444. The summed E-state index contributed by atoms with van der Waals surface area (Å²) in [6.45, 7) is -0.0250. The molecule has 0 aliphatic rings. The lowest BCUT2D eigenvalue weighted by molar-refractivity contribution is -0.117. The second kappa shape index (κ2) is 5.15. The molecule has 0 aliphatic heterocycles. The van der Waals surface area contributed by atoms with Gasteiger partial charge in [0.15, 0.2) is 12.4 Å². The fourth-order valence-corrected chi connectivity index (χ4v) is 0.948. The second-order valence-corrected chi connectivity index (χ2v) is 3.38. The summed E-state index contributed by atoms with van der Waals surface area (Å²) in [6, 6.07) is 1.52. The number of primary amides is 1. The Balaban J connectivity index is 2.46. The van der Waals surface area contributed by atoms with Crippen LogP contribution >= 0.6 is 0 Å². The van der Waals surface area contributed by atoms with E-state index in [1.165, 1.54) is 11.0 Å². The molecular formula is C9H13N3O4. The molecule has 2 amide bonds. The van der Waals surface area contributed by atoms with Crippen LogP contribution in [-0.2, 0) is 22.6 Å². The molecule has 1 aromatic heterocycles. The van der Waals surface area contributed by atoms with E-state index in [9.17, 15) is 9.59 Å². The molecule has 0 atom stereocenters. The van der Waals surface area contributed by atoms with Crippen molar-refractivity contribution >= 4 is 12.0 Å². The average molecular weight is 227 g/mol. The minimum Gasteiger partial charge on any atom is -0.441 e. The van der Waals surface area contributed by atoms with E-state index in [0.29, 0.717) is 11.5 Å². The van der Waals surface area contributed by atoms with Crippen molar-refractivity contribution in [2.45, 2.75) is 13.0 Å². The van der Waals surface area contributed by atoms with Crippen LogP contribution in [0.2, 0.25) is 0 Å². The molecular weight excluding hydrogens is 214 g/mol. The predicted octanol–water partition coefficient (Wildman–Crippen LogP) is -0.0994. The highest BCUT2D eigenvalue weighted by molar-refractivity contribution is 5.76. The molecule has 0 aliphatic carbocycles. The first kappa shape index (κ1) is 12.0. The molecule has 0 saturated heterocycles. The van der Waals surface area contributed by atoms with E-state index < -0.39 is 12.0 Å². The summed E-state index contributed by atoms with van der Waals surface area (Å²) in [4.78, 5) is 22.9. The van der Waals surface area contributed by atoms with Gasteiger partial charge in [0, 0.05) is 20.2 Å². The first-order chi connectivity index (χ1) is 7.49. The molecule has 0 spiro atoms. The summed E-state index contributed by atoms with van der Waals surface area (Å²) in [6.07, 6.45) is -0.474. The third kappa shape index (κ3) is 3.60. The molecule has 0 bridgehead atoms. The summed E-state index contributed by atoms with van der Waals surface area (Å²) in [5, 5.41) is 3.60. The quantitative estimate of drug-likeness (QED) is 0.774.